The fraction of sp³-hybridized carbons (Fsp3) is 0.719. The zero-order valence-electron chi connectivity index (χ0n) is 25.1. The van der Waals surface area contributed by atoms with E-state index >= 15 is 0 Å². The molecular weight excluding hydrogens is 560 g/mol. The second-order valence-corrected chi connectivity index (χ2v) is 14.4. The zero-order valence-corrected chi connectivity index (χ0v) is 25.1. The number of rotatable bonds is 5. The van der Waals surface area contributed by atoms with Crippen molar-refractivity contribution in [3.8, 4) is 0 Å². The molecule has 3 aliphatic heterocycles. The Morgan fingerprint density at radius 1 is 1.21 bits per heavy atom. The Balaban J connectivity index is 1.40. The molecule has 3 saturated heterocycles. The number of furan rings is 1. The summed E-state index contributed by atoms with van der Waals surface area (Å²) in [5.74, 6) is -7.20. The van der Waals surface area contributed by atoms with Gasteiger partial charge in [-0.3, -0.25) is 9.59 Å². The second kappa shape index (κ2) is 8.78. The molecule has 1 aromatic rings. The molecule has 0 spiro atoms. The molecule has 3 aliphatic carbocycles. The van der Waals surface area contributed by atoms with Crippen LogP contribution in [0.15, 0.2) is 35.2 Å². The summed E-state index contributed by atoms with van der Waals surface area (Å²) in [4.78, 5) is 40.7. The van der Waals surface area contributed by atoms with Crippen molar-refractivity contribution in [2.45, 2.75) is 101 Å². The number of aliphatic hydroxyl groups is 3. The van der Waals surface area contributed by atoms with Gasteiger partial charge in [0.15, 0.2) is 23.3 Å². The normalized spacial score (nSPS) is 50.9. The Morgan fingerprint density at radius 2 is 1.93 bits per heavy atom. The van der Waals surface area contributed by atoms with Gasteiger partial charge in [-0.1, -0.05) is 40.7 Å². The molecular formula is C32H40O11. The summed E-state index contributed by atoms with van der Waals surface area (Å²) in [6, 6.07) is 1.72. The number of esters is 2. The minimum atomic E-state index is -2.15. The van der Waals surface area contributed by atoms with E-state index in [1.54, 1.807) is 26.8 Å². The van der Waals surface area contributed by atoms with Gasteiger partial charge < -0.3 is 38.7 Å². The van der Waals surface area contributed by atoms with Crippen molar-refractivity contribution in [3.05, 3.63) is 36.3 Å². The van der Waals surface area contributed by atoms with Crippen LogP contribution in [0.5, 0.6) is 0 Å². The first-order chi connectivity index (χ1) is 20.1. The summed E-state index contributed by atoms with van der Waals surface area (Å²) >= 11 is 0. The zero-order chi connectivity index (χ0) is 31.1. The van der Waals surface area contributed by atoms with Gasteiger partial charge in [0, 0.05) is 36.0 Å². The van der Waals surface area contributed by atoms with Crippen LogP contribution < -0.4 is 0 Å². The van der Waals surface area contributed by atoms with Crippen LogP contribution in [0.4, 0.5) is 0 Å². The quantitative estimate of drug-likeness (QED) is 0.335. The summed E-state index contributed by atoms with van der Waals surface area (Å²) in [5, 5.41) is 35.2. The molecule has 234 valence electrons. The van der Waals surface area contributed by atoms with Gasteiger partial charge in [-0.15, -0.1) is 0 Å². The van der Waals surface area contributed by atoms with E-state index in [9.17, 15) is 29.7 Å². The van der Waals surface area contributed by atoms with E-state index in [1.807, 2.05) is 13.8 Å². The fourth-order valence-corrected chi connectivity index (χ4v) is 10.2. The molecule has 4 heterocycles. The molecule has 3 saturated carbocycles. The number of aliphatic hydroxyl groups excluding tert-OH is 1. The van der Waals surface area contributed by atoms with Crippen molar-refractivity contribution in [3.63, 3.8) is 0 Å². The third kappa shape index (κ3) is 3.25. The molecule has 14 atom stereocenters. The number of carbonyl (C=O) groups is 3. The third-order valence-corrected chi connectivity index (χ3v) is 12.4. The van der Waals surface area contributed by atoms with Crippen LogP contribution in [0.3, 0.4) is 0 Å². The molecule has 6 fully saturated rings. The molecule has 0 aromatic carbocycles. The molecule has 1 aromatic heterocycles. The Bertz CT molecular complexity index is 1410. The lowest BCUT2D eigenvalue weighted by Gasteiger charge is -2.58. The minimum absolute atomic E-state index is 0.0634. The SMILES string of the molecule is C=C1C2C(OC3CC4(O)OC5(C)COC(=O)C4C5C32C)C(OC(=O)C(O)C(C)CC)C2(C)C(c3ccoc3)CC(=O)C12O. The number of cyclic esters (lactones) is 1. The minimum Gasteiger partial charge on any atom is -0.472 e. The lowest BCUT2D eigenvalue weighted by Crippen LogP contribution is -2.69. The van der Waals surface area contributed by atoms with Gasteiger partial charge in [0.25, 0.3) is 0 Å². The van der Waals surface area contributed by atoms with Gasteiger partial charge in [0.2, 0.25) is 0 Å². The number of hydrogen-bond acceptors (Lipinski definition) is 11. The van der Waals surface area contributed by atoms with E-state index in [0.717, 1.165) is 0 Å². The Hall–Kier alpha value is -2.57. The van der Waals surface area contributed by atoms with Crippen LogP contribution in [0.25, 0.3) is 0 Å². The molecule has 43 heavy (non-hydrogen) atoms. The number of fused-ring (bicyclic) bond motifs is 4. The van der Waals surface area contributed by atoms with Gasteiger partial charge >= 0.3 is 11.9 Å². The van der Waals surface area contributed by atoms with E-state index in [-0.39, 0.29) is 25.0 Å². The van der Waals surface area contributed by atoms with E-state index in [4.69, 9.17) is 23.4 Å². The van der Waals surface area contributed by atoms with Gasteiger partial charge in [0.05, 0.1) is 24.0 Å². The number of ether oxygens (including phenoxy) is 4. The first-order valence-electron chi connectivity index (χ1n) is 15.2. The molecule has 3 N–H and O–H groups in total. The average Bonchev–Trinajstić information content (AvgIpc) is 3.66. The lowest BCUT2D eigenvalue weighted by molar-refractivity contribution is -0.246. The van der Waals surface area contributed by atoms with Crippen LogP contribution in [0.2, 0.25) is 0 Å². The number of hydrogen-bond donors (Lipinski definition) is 3. The highest BCUT2D eigenvalue weighted by molar-refractivity contribution is 5.96. The van der Waals surface area contributed by atoms with Crippen molar-refractivity contribution in [1.29, 1.82) is 0 Å². The highest BCUT2D eigenvalue weighted by Gasteiger charge is 2.84. The van der Waals surface area contributed by atoms with Crippen LogP contribution in [-0.4, -0.2) is 81.1 Å². The number of ketones is 1. The van der Waals surface area contributed by atoms with Gasteiger partial charge in [0.1, 0.15) is 30.3 Å². The van der Waals surface area contributed by atoms with E-state index in [0.29, 0.717) is 12.0 Å². The molecule has 14 unspecified atom stereocenters. The van der Waals surface area contributed by atoms with Crippen molar-refractivity contribution < 1.29 is 53.1 Å². The van der Waals surface area contributed by atoms with Crippen LogP contribution in [0.1, 0.15) is 65.4 Å². The van der Waals surface area contributed by atoms with Gasteiger partial charge in [-0.05, 0) is 30.0 Å². The molecule has 0 radical (unpaired) electrons. The Morgan fingerprint density at radius 3 is 2.58 bits per heavy atom. The Kier molecular flexibility index (Phi) is 5.96. The van der Waals surface area contributed by atoms with Crippen LogP contribution >= 0.6 is 0 Å². The van der Waals surface area contributed by atoms with Crippen molar-refractivity contribution >= 4 is 17.7 Å². The highest BCUT2D eigenvalue weighted by atomic mass is 16.7. The summed E-state index contributed by atoms with van der Waals surface area (Å²) in [5.41, 5.74) is -4.78. The number of Topliss-reactive ketones (excluding diaryl/α,β-unsaturated/α-hetero) is 1. The predicted octanol–water partition coefficient (Wildman–Crippen LogP) is 2.02. The molecule has 0 amide bonds. The maximum Gasteiger partial charge on any atom is 0.335 e. The molecule has 7 rings (SSSR count). The summed E-state index contributed by atoms with van der Waals surface area (Å²) in [6.45, 7) is 13.3. The first kappa shape index (κ1) is 29.2. The maximum absolute atomic E-state index is 14.0. The number of carbonyl (C=O) groups excluding carboxylic acids is 3. The van der Waals surface area contributed by atoms with Crippen LogP contribution in [0, 0.1) is 34.5 Å². The maximum atomic E-state index is 14.0. The second-order valence-electron chi connectivity index (χ2n) is 14.4. The van der Waals surface area contributed by atoms with E-state index in [1.165, 1.54) is 12.5 Å². The van der Waals surface area contributed by atoms with Crippen molar-refractivity contribution in [2.75, 3.05) is 6.61 Å². The fourth-order valence-electron chi connectivity index (χ4n) is 10.2. The first-order valence-corrected chi connectivity index (χ1v) is 15.2. The highest BCUT2D eigenvalue weighted by Crippen LogP contribution is 2.74. The molecule has 11 heteroatoms. The van der Waals surface area contributed by atoms with Crippen molar-refractivity contribution in [2.24, 2.45) is 34.5 Å². The molecule has 11 nitrogen and oxygen atoms in total. The van der Waals surface area contributed by atoms with Crippen LogP contribution in [-0.2, 0) is 33.3 Å². The van der Waals surface area contributed by atoms with Crippen molar-refractivity contribution in [1.82, 2.24) is 0 Å². The smallest absolute Gasteiger partial charge is 0.335 e. The largest absolute Gasteiger partial charge is 0.472 e. The average molecular weight is 601 g/mol. The third-order valence-electron chi connectivity index (χ3n) is 12.4. The van der Waals surface area contributed by atoms with Gasteiger partial charge in [-0.25, -0.2) is 4.79 Å². The molecule has 6 aliphatic rings. The topological polar surface area (TPSA) is 162 Å². The van der Waals surface area contributed by atoms with E-state index in [2.05, 4.69) is 6.58 Å². The molecule has 4 bridgehead atoms. The lowest BCUT2D eigenvalue weighted by atomic mass is 9.45. The monoisotopic (exact) mass is 600 g/mol. The Labute approximate surface area is 249 Å². The van der Waals surface area contributed by atoms with E-state index < -0.39 is 99.5 Å². The predicted molar refractivity (Wildman–Crippen MR) is 146 cm³/mol. The van der Waals surface area contributed by atoms with Gasteiger partial charge in [-0.2, -0.15) is 0 Å². The summed E-state index contributed by atoms with van der Waals surface area (Å²) in [6.07, 6.45) is -0.884. The summed E-state index contributed by atoms with van der Waals surface area (Å²) < 4.78 is 30.0. The summed E-state index contributed by atoms with van der Waals surface area (Å²) in [7, 11) is 0. The standard InChI is InChI=1S/C32H40O11/c1-7-14(2)22(34)27(36)42-25-23-20(15(3)32(38)18(33)10-17(30(25,32)6)16-8-9-39-12-16)29(5)19(41-23)11-31(37)21-24(29)28(4,43-31)13-40-26(21)35/h8-9,12,14,17,19-25,34,37-38H,3,7,10-11,13H2,1-2,4-6H3.